The van der Waals surface area contributed by atoms with Crippen LogP contribution in [0.25, 0.3) is 23.1 Å². The minimum atomic E-state index is -0.387. The van der Waals surface area contributed by atoms with Crippen LogP contribution in [0, 0.1) is 10.1 Å². The average Bonchev–Trinajstić information content (AvgIpc) is 2.59. The predicted octanol–water partition coefficient (Wildman–Crippen LogP) is 1.23. The summed E-state index contributed by atoms with van der Waals surface area (Å²) in [4.78, 5) is 10.3. The summed E-state index contributed by atoms with van der Waals surface area (Å²) in [6.45, 7) is 3.00. The van der Waals surface area contributed by atoms with Crippen molar-refractivity contribution >= 4 is 28.7 Å². The van der Waals surface area contributed by atoms with Crippen molar-refractivity contribution in [1.82, 2.24) is 0 Å². The number of para-hydroxylation sites is 1. The summed E-state index contributed by atoms with van der Waals surface area (Å²) in [5.41, 5.74) is 3.34. The van der Waals surface area contributed by atoms with Gasteiger partial charge in [-0.2, -0.15) is 4.57 Å². The second kappa shape index (κ2) is 8.01. The Balaban J connectivity index is 0.00000208. The van der Waals surface area contributed by atoms with Gasteiger partial charge in [0.15, 0.2) is 0 Å². The number of rotatable bonds is 4. The molecule has 0 aliphatic rings. The van der Waals surface area contributed by atoms with E-state index in [4.69, 9.17) is 0 Å². The van der Waals surface area contributed by atoms with Gasteiger partial charge in [-0.1, -0.05) is 12.1 Å². The van der Waals surface area contributed by atoms with Crippen LogP contribution in [-0.2, 0) is 6.54 Å². The monoisotopic (exact) mass is 432 g/mol. The van der Waals surface area contributed by atoms with E-state index >= 15 is 0 Å². The molecule has 3 rings (SSSR count). The molecule has 0 aliphatic carbocycles. The standard InChI is InChI=1S/C19H17N2O2.HI/c1-2-20-17(14-10-16-5-3-4-6-19(16)20)11-7-15-8-12-18(13-9-15)21(22)23;/h3-14H,2H2,1H3;1H/q+1;/p-1. The number of nitrogens with zero attached hydrogens (tertiary/aromatic N) is 2. The highest BCUT2D eigenvalue weighted by Crippen LogP contribution is 2.15. The van der Waals surface area contributed by atoms with Gasteiger partial charge >= 0.3 is 0 Å². The lowest BCUT2D eigenvalue weighted by Crippen LogP contribution is -3.00. The molecule has 0 saturated heterocycles. The van der Waals surface area contributed by atoms with Crippen molar-refractivity contribution < 1.29 is 33.5 Å². The van der Waals surface area contributed by atoms with Gasteiger partial charge in [0, 0.05) is 35.7 Å². The Morgan fingerprint density at radius 2 is 1.71 bits per heavy atom. The van der Waals surface area contributed by atoms with Crippen LogP contribution in [0.3, 0.4) is 0 Å². The normalized spacial score (nSPS) is 10.7. The number of halogens is 1. The predicted molar refractivity (Wildman–Crippen MR) is 91.8 cm³/mol. The van der Waals surface area contributed by atoms with Gasteiger partial charge in [-0.05, 0) is 42.8 Å². The Morgan fingerprint density at radius 3 is 2.38 bits per heavy atom. The smallest absolute Gasteiger partial charge is 0.269 e. The highest BCUT2D eigenvalue weighted by atomic mass is 127. The van der Waals surface area contributed by atoms with Crippen molar-refractivity contribution in [3.8, 4) is 0 Å². The lowest BCUT2D eigenvalue weighted by Gasteiger charge is -2.02. The summed E-state index contributed by atoms with van der Waals surface area (Å²) >= 11 is 0. The molecule has 0 N–H and O–H groups in total. The van der Waals surface area contributed by atoms with E-state index in [2.05, 4.69) is 35.8 Å². The Kier molecular flexibility index (Phi) is 6.03. The van der Waals surface area contributed by atoms with Crippen molar-refractivity contribution in [3.63, 3.8) is 0 Å². The SMILES string of the molecule is CC[n+]1c(C=Cc2ccc([N+](=O)[O-])cc2)ccc2ccccc21.[I-]. The lowest BCUT2D eigenvalue weighted by molar-refractivity contribution is -0.669. The largest absolute Gasteiger partial charge is 1.00 e. The first-order valence-corrected chi connectivity index (χ1v) is 7.53. The van der Waals surface area contributed by atoms with Crippen LogP contribution in [0.2, 0.25) is 0 Å². The van der Waals surface area contributed by atoms with E-state index in [1.165, 1.54) is 23.0 Å². The van der Waals surface area contributed by atoms with Crippen LogP contribution in [0.15, 0.2) is 60.7 Å². The maximum absolute atomic E-state index is 10.7. The van der Waals surface area contributed by atoms with Gasteiger partial charge in [-0.15, -0.1) is 0 Å². The number of aromatic nitrogens is 1. The van der Waals surface area contributed by atoms with Crippen molar-refractivity contribution in [2.45, 2.75) is 13.5 Å². The van der Waals surface area contributed by atoms with Crippen molar-refractivity contribution in [1.29, 1.82) is 0 Å². The second-order valence-corrected chi connectivity index (χ2v) is 5.24. The first kappa shape index (κ1) is 18.1. The molecule has 122 valence electrons. The second-order valence-electron chi connectivity index (χ2n) is 5.24. The minimum absolute atomic E-state index is 0. The molecule has 0 fully saturated rings. The van der Waals surface area contributed by atoms with Gasteiger partial charge in [0.25, 0.3) is 5.69 Å². The number of aryl methyl sites for hydroxylation is 1. The number of nitro groups is 1. The molecule has 0 unspecified atom stereocenters. The van der Waals surface area contributed by atoms with Crippen molar-refractivity contribution in [2.75, 3.05) is 0 Å². The number of fused-ring (bicyclic) bond motifs is 1. The van der Waals surface area contributed by atoms with Crippen molar-refractivity contribution in [2.24, 2.45) is 0 Å². The van der Waals surface area contributed by atoms with E-state index in [1.54, 1.807) is 12.1 Å². The molecule has 1 aromatic heterocycles. The summed E-state index contributed by atoms with van der Waals surface area (Å²) in [5, 5.41) is 11.9. The van der Waals surface area contributed by atoms with Crippen LogP contribution < -0.4 is 28.5 Å². The fourth-order valence-corrected chi connectivity index (χ4v) is 2.67. The number of nitro benzene ring substituents is 1. The van der Waals surface area contributed by atoms with E-state index in [1.807, 2.05) is 24.3 Å². The number of benzene rings is 2. The summed E-state index contributed by atoms with van der Waals surface area (Å²) in [6.07, 6.45) is 4.01. The number of hydrogen-bond acceptors (Lipinski definition) is 2. The Morgan fingerprint density at radius 1 is 1.00 bits per heavy atom. The first-order valence-electron chi connectivity index (χ1n) is 7.53. The van der Waals surface area contributed by atoms with Gasteiger partial charge in [-0.3, -0.25) is 10.1 Å². The zero-order valence-electron chi connectivity index (χ0n) is 13.2. The highest BCUT2D eigenvalue weighted by Gasteiger charge is 2.11. The Bertz CT molecular complexity index is 890. The molecular formula is C19H17IN2O2. The molecule has 0 bridgehead atoms. The molecule has 0 spiro atoms. The quantitative estimate of drug-likeness (QED) is 0.270. The van der Waals surface area contributed by atoms with E-state index in [0.717, 1.165) is 17.8 Å². The third kappa shape index (κ3) is 3.79. The molecule has 0 radical (unpaired) electrons. The summed E-state index contributed by atoms with van der Waals surface area (Å²) in [6, 6.07) is 19.0. The topological polar surface area (TPSA) is 47.0 Å². The fourth-order valence-electron chi connectivity index (χ4n) is 2.67. The Labute approximate surface area is 157 Å². The lowest BCUT2D eigenvalue weighted by atomic mass is 10.1. The van der Waals surface area contributed by atoms with Gasteiger partial charge in [0.1, 0.15) is 6.54 Å². The molecule has 1 heterocycles. The summed E-state index contributed by atoms with van der Waals surface area (Å²) in [5.74, 6) is 0. The number of hydrogen-bond donors (Lipinski definition) is 0. The molecule has 5 heteroatoms. The van der Waals surface area contributed by atoms with Gasteiger partial charge < -0.3 is 24.0 Å². The molecule has 0 atom stereocenters. The highest BCUT2D eigenvalue weighted by molar-refractivity contribution is 5.77. The van der Waals surface area contributed by atoms with Crippen LogP contribution in [0.5, 0.6) is 0 Å². The molecule has 0 saturated carbocycles. The van der Waals surface area contributed by atoms with Gasteiger partial charge in [0.2, 0.25) is 11.2 Å². The molecule has 0 amide bonds. The molecule has 3 aromatic rings. The fraction of sp³-hybridized carbons (Fsp3) is 0.105. The zero-order chi connectivity index (χ0) is 16.2. The summed E-state index contributed by atoms with van der Waals surface area (Å²) in [7, 11) is 0. The molecule has 24 heavy (non-hydrogen) atoms. The molecule has 4 nitrogen and oxygen atoms in total. The number of non-ortho nitro benzene ring substituents is 1. The van der Waals surface area contributed by atoms with Crippen molar-refractivity contribution in [3.05, 3.63) is 82.0 Å². The van der Waals surface area contributed by atoms with Crippen LogP contribution in [0.4, 0.5) is 5.69 Å². The molecular weight excluding hydrogens is 415 g/mol. The Hall–Kier alpha value is -2.28. The third-order valence-electron chi connectivity index (χ3n) is 3.84. The minimum Gasteiger partial charge on any atom is -1.00 e. The number of pyridine rings is 1. The molecule has 0 aliphatic heterocycles. The van der Waals surface area contributed by atoms with E-state index < -0.39 is 0 Å². The zero-order valence-corrected chi connectivity index (χ0v) is 15.4. The van der Waals surface area contributed by atoms with Crippen LogP contribution in [-0.4, -0.2) is 4.92 Å². The van der Waals surface area contributed by atoms with Crippen LogP contribution in [0.1, 0.15) is 18.2 Å². The van der Waals surface area contributed by atoms with E-state index in [-0.39, 0.29) is 34.6 Å². The maximum atomic E-state index is 10.7. The maximum Gasteiger partial charge on any atom is 0.269 e. The molecule has 2 aromatic carbocycles. The van der Waals surface area contributed by atoms with E-state index in [9.17, 15) is 10.1 Å². The van der Waals surface area contributed by atoms with E-state index in [0.29, 0.717) is 0 Å². The first-order chi connectivity index (χ1) is 11.2. The van der Waals surface area contributed by atoms with Crippen LogP contribution >= 0.6 is 0 Å². The summed E-state index contributed by atoms with van der Waals surface area (Å²) < 4.78 is 2.25. The van der Waals surface area contributed by atoms with Gasteiger partial charge in [-0.25, -0.2) is 0 Å². The van der Waals surface area contributed by atoms with Gasteiger partial charge in [0.05, 0.1) is 4.92 Å². The average molecular weight is 432 g/mol. The third-order valence-corrected chi connectivity index (χ3v) is 3.84.